The summed E-state index contributed by atoms with van der Waals surface area (Å²) in [6, 6.07) is 6.05. The van der Waals surface area contributed by atoms with Crippen LogP contribution in [0.1, 0.15) is 22.9 Å². The van der Waals surface area contributed by atoms with Gasteiger partial charge in [-0.3, -0.25) is 0 Å². The Morgan fingerprint density at radius 3 is 2.75 bits per heavy atom. The molecule has 0 aliphatic carbocycles. The summed E-state index contributed by atoms with van der Waals surface area (Å²) in [5.41, 5.74) is 1.72. The van der Waals surface area contributed by atoms with E-state index in [2.05, 4.69) is 9.97 Å². The molecule has 0 amide bonds. The van der Waals surface area contributed by atoms with Gasteiger partial charge in [0.05, 0.1) is 5.69 Å². The molecule has 2 rings (SSSR count). The lowest BCUT2D eigenvalue weighted by Crippen LogP contribution is -2.03. The number of hydrogen-bond donors (Lipinski definition) is 1. The first kappa shape index (κ1) is 10.7. The molecular weight excluding hydrogens is 207 g/mol. The number of aromatic nitrogens is 2. The molecule has 1 atom stereocenters. The van der Waals surface area contributed by atoms with Crippen LogP contribution in [-0.4, -0.2) is 15.1 Å². The molecule has 0 aliphatic rings. The molecule has 2 aromatic rings. The molecule has 1 aromatic carbocycles. The lowest BCUT2D eigenvalue weighted by molar-refractivity contribution is 0.214. The lowest BCUT2D eigenvalue weighted by Gasteiger charge is -2.10. The minimum absolute atomic E-state index is 0.358. The van der Waals surface area contributed by atoms with Crippen molar-refractivity contribution >= 4 is 0 Å². The smallest absolute Gasteiger partial charge is 0.123 e. The van der Waals surface area contributed by atoms with Gasteiger partial charge in [0.1, 0.15) is 18.2 Å². The van der Waals surface area contributed by atoms with Crippen molar-refractivity contribution in [2.75, 3.05) is 0 Å². The van der Waals surface area contributed by atoms with Crippen LogP contribution >= 0.6 is 0 Å². The van der Waals surface area contributed by atoms with Crippen molar-refractivity contribution in [3.8, 4) is 0 Å². The van der Waals surface area contributed by atoms with Gasteiger partial charge in [-0.05, 0) is 36.2 Å². The summed E-state index contributed by atoms with van der Waals surface area (Å²) in [5, 5.41) is 9.98. The predicted molar refractivity (Wildman–Crippen MR) is 57.2 cm³/mol. The number of benzene rings is 1. The fraction of sp³-hybridized carbons (Fsp3) is 0.167. The molecule has 0 fully saturated rings. The summed E-state index contributed by atoms with van der Waals surface area (Å²) in [6.07, 6.45) is 1.97. The molecule has 82 valence electrons. The van der Waals surface area contributed by atoms with E-state index in [1.54, 1.807) is 19.1 Å². The molecule has 0 aliphatic heterocycles. The maximum absolute atomic E-state index is 13.2. The largest absolute Gasteiger partial charge is 0.382 e. The van der Waals surface area contributed by atoms with Gasteiger partial charge in [0.15, 0.2) is 0 Å². The SMILES string of the molecule is Cc1cc(F)cc(C(O)c2ccncn2)c1. The van der Waals surface area contributed by atoms with Gasteiger partial charge in [0.25, 0.3) is 0 Å². The molecule has 16 heavy (non-hydrogen) atoms. The van der Waals surface area contributed by atoms with Crippen LogP contribution in [-0.2, 0) is 0 Å². The quantitative estimate of drug-likeness (QED) is 0.838. The van der Waals surface area contributed by atoms with E-state index in [0.717, 1.165) is 5.56 Å². The van der Waals surface area contributed by atoms with Crippen LogP contribution in [0.5, 0.6) is 0 Å². The summed E-state index contributed by atoms with van der Waals surface area (Å²) < 4.78 is 13.2. The van der Waals surface area contributed by atoms with Crippen LogP contribution in [0.4, 0.5) is 4.39 Å². The van der Waals surface area contributed by atoms with Crippen molar-refractivity contribution in [3.63, 3.8) is 0 Å². The van der Waals surface area contributed by atoms with E-state index < -0.39 is 6.10 Å². The van der Waals surface area contributed by atoms with Gasteiger partial charge in [-0.25, -0.2) is 14.4 Å². The Hall–Kier alpha value is -1.81. The monoisotopic (exact) mass is 218 g/mol. The average Bonchev–Trinajstić information content (AvgIpc) is 2.28. The van der Waals surface area contributed by atoms with Gasteiger partial charge in [-0.1, -0.05) is 6.07 Å². The summed E-state index contributed by atoms with van der Waals surface area (Å²) in [5.74, 6) is -0.358. The van der Waals surface area contributed by atoms with E-state index in [1.165, 1.54) is 24.7 Å². The Morgan fingerprint density at radius 2 is 2.12 bits per heavy atom. The van der Waals surface area contributed by atoms with E-state index >= 15 is 0 Å². The molecule has 0 saturated heterocycles. The van der Waals surface area contributed by atoms with Crippen molar-refractivity contribution in [2.45, 2.75) is 13.0 Å². The maximum atomic E-state index is 13.2. The van der Waals surface area contributed by atoms with Crippen LogP contribution < -0.4 is 0 Å². The van der Waals surface area contributed by atoms with Gasteiger partial charge < -0.3 is 5.11 Å². The Morgan fingerprint density at radius 1 is 1.31 bits per heavy atom. The van der Waals surface area contributed by atoms with E-state index in [1.807, 2.05) is 0 Å². The third kappa shape index (κ3) is 2.23. The molecule has 1 unspecified atom stereocenters. The van der Waals surface area contributed by atoms with Gasteiger partial charge >= 0.3 is 0 Å². The Labute approximate surface area is 92.6 Å². The number of rotatable bonds is 2. The number of halogens is 1. The van der Waals surface area contributed by atoms with E-state index in [9.17, 15) is 9.50 Å². The topological polar surface area (TPSA) is 46.0 Å². The average molecular weight is 218 g/mol. The molecule has 3 nitrogen and oxygen atoms in total. The number of aliphatic hydroxyl groups excluding tert-OH is 1. The van der Waals surface area contributed by atoms with E-state index in [-0.39, 0.29) is 5.82 Å². The third-order valence-corrected chi connectivity index (χ3v) is 2.27. The zero-order chi connectivity index (χ0) is 11.5. The fourth-order valence-electron chi connectivity index (χ4n) is 1.56. The van der Waals surface area contributed by atoms with E-state index in [4.69, 9.17) is 0 Å². The van der Waals surface area contributed by atoms with Crippen molar-refractivity contribution < 1.29 is 9.50 Å². The molecule has 0 saturated carbocycles. The normalized spacial score (nSPS) is 12.4. The molecule has 0 bridgehead atoms. The standard InChI is InChI=1S/C12H11FN2O/c1-8-4-9(6-10(13)5-8)12(16)11-2-3-14-7-15-11/h2-7,12,16H,1H3. The molecule has 1 aromatic heterocycles. The Balaban J connectivity index is 2.37. The highest BCUT2D eigenvalue weighted by atomic mass is 19.1. The van der Waals surface area contributed by atoms with Gasteiger partial charge in [0.2, 0.25) is 0 Å². The second-order valence-corrected chi connectivity index (χ2v) is 3.60. The van der Waals surface area contributed by atoms with Crippen molar-refractivity contribution in [3.05, 3.63) is 59.4 Å². The second-order valence-electron chi connectivity index (χ2n) is 3.60. The zero-order valence-corrected chi connectivity index (χ0v) is 8.76. The van der Waals surface area contributed by atoms with Crippen LogP contribution in [0.15, 0.2) is 36.8 Å². The Kier molecular flexibility index (Phi) is 2.92. The number of hydrogen-bond acceptors (Lipinski definition) is 3. The minimum Gasteiger partial charge on any atom is -0.382 e. The summed E-state index contributed by atoms with van der Waals surface area (Å²) in [6.45, 7) is 1.78. The number of aryl methyl sites for hydroxylation is 1. The first-order valence-corrected chi connectivity index (χ1v) is 4.88. The maximum Gasteiger partial charge on any atom is 0.123 e. The van der Waals surface area contributed by atoms with Crippen molar-refractivity contribution in [1.82, 2.24) is 9.97 Å². The van der Waals surface area contributed by atoms with Gasteiger partial charge in [0, 0.05) is 6.20 Å². The summed E-state index contributed by atoms with van der Waals surface area (Å²) in [4.78, 5) is 7.69. The van der Waals surface area contributed by atoms with Crippen LogP contribution in [0, 0.1) is 12.7 Å². The molecule has 1 heterocycles. The highest BCUT2D eigenvalue weighted by molar-refractivity contribution is 5.29. The van der Waals surface area contributed by atoms with Crippen LogP contribution in [0.25, 0.3) is 0 Å². The van der Waals surface area contributed by atoms with Crippen molar-refractivity contribution in [2.24, 2.45) is 0 Å². The zero-order valence-electron chi connectivity index (χ0n) is 8.76. The molecule has 1 N–H and O–H groups in total. The van der Waals surface area contributed by atoms with Crippen molar-refractivity contribution in [1.29, 1.82) is 0 Å². The van der Waals surface area contributed by atoms with Crippen LogP contribution in [0.2, 0.25) is 0 Å². The number of aliphatic hydroxyl groups is 1. The minimum atomic E-state index is -0.919. The highest BCUT2D eigenvalue weighted by Crippen LogP contribution is 2.21. The summed E-state index contributed by atoms with van der Waals surface area (Å²) in [7, 11) is 0. The Bertz CT molecular complexity index is 467. The predicted octanol–water partition coefficient (Wildman–Crippen LogP) is 2.01. The number of nitrogens with zero attached hydrogens (tertiary/aromatic N) is 2. The second kappa shape index (κ2) is 4.37. The molecule has 0 radical (unpaired) electrons. The van der Waals surface area contributed by atoms with Gasteiger partial charge in [-0.2, -0.15) is 0 Å². The summed E-state index contributed by atoms with van der Waals surface area (Å²) >= 11 is 0. The molecule has 4 heteroatoms. The fourth-order valence-corrected chi connectivity index (χ4v) is 1.56. The lowest BCUT2D eigenvalue weighted by atomic mass is 10.0. The van der Waals surface area contributed by atoms with Gasteiger partial charge in [-0.15, -0.1) is 0 Å². The first-order chi connectivity index (χ1) is 7.66. The van der Waals surface area contributed by atoms with E-state index in [0.29, 0.717) is 11.3 Å². The third-order valence-electron chi connectivity index (χ3n) is 2.27. The molecular formula is C12H11FN2O. The molecule has 0 spiro atoms. The highest BCUT2D eigenvalue weighted by Gasteiger charge is 2.12. The van der Waals surface area contributed by atoms with Crippen LogP contribution in [0.3, 0.4) is 0 Å². The first-order valence-electron chi connectivity index (χ1n) is 4.88.